The van der Waals surface area contributed by atoms with Gasteiger partial charge in [-0.15, -0.1) is 0 Å². The molecule has 1 saturated heterocycles. The highest BCUT2D eigenvalue weighted by Gasteiger charge is 2.48. The lowest BCUT2D eigenvalue weighted by molar-refractivity contribution is -0.132. The molecule has 9 heteroatoms. The van der Waals surface area contributed by atoms with Crippen LogP contribution in [0, 0.1) is 13.8 Å². The summed E-state index contributed by atoms with van der Waals surface area (Å²) in [6, 6.07) is 20.7. The van der Waals surface area contributed by atoms with Crippen LogP contribution in [0.25, 0.3) is 5.76 Å². The predicted octanol–water partition coefficient (Wildman–Crippen LogP) is 6.96. The Labute approximate surface area is 254 Å². The molecule has 1 amide bonds. The number of nitrogens with zero attached hydrogens (tertiary/aromatic N) is 2. The maximum Gasteiger partial charge on any atom is 0.301 e. The standard InChI is InChI=1S/C34H32N2O6S/c1-5-18-41-26-14-10-23(11-15-26)29-28(31(39)33(40)36(29)34-35-21(3)32(43-34)22(4)37)30(38)24-12-16-27(17-13-24)42-19-25-9-7-6-8-20(25)2/h6-17,29,38H,5,18-19H2,1-4H3. The second-order valence-electron chi connectivity index (χ2n) is 10.3. The molecule has 1 fully saturated rings. The van der Waals surface area contributed by atoms with Crippen LogP contribution in [0.3, 0.4) is 0 Å². The number of aliphatic hydroxyl groups excluding tert-OH is 1. The van der Waals surface area contributed by atoms with E-state index in [9.17, 15) is 19.5 Å². The van der Waals surface area contributed by atoms with Crippen LogP contribution in [0.5, 0.6) is 11.5 Å². The lowest BCUT2D eigenvalue weighted by Crippen LogP contribution is -2.29. The Morgan fingerprint density at radius 3 is 2.23 bits per heavy atom. The zero-order valence-electron chi connectivity index (χ0n) is 24.4. The van der Waals surface area contributed by atoms with Gasteiger partial charge in [-0.2, -0.15) is 0 Å². The van der Waals surface area contributed by atoms with Crippen LogP contribution in [0.15, 0.2) is 78.4 Å². The van der Waals surface area contributed by atoms with Gasteiger partial charge in [-0.05, 0) is 73.4 Å². The second-order valence-corrected chi connectivity index (χ2v) is 11.3. The average molecular weight is 597 g/mol. The fraction of sp³-hybridized carbons (Fsp3) is 0.235. The first-order valence-electron chi connectivity index (χ1n) is 14.0. The van der Waals surface area contributed by atoms with Gasteiger partial charge < -0.3 is 14.6 Å². The van der Waals surface area contributed by atoms with Gasteiger partial charge in [0, 0.05) is 12.5 Å². The summed E-state index contributed by atoms with van der Waals surface area (Å²) in [7, 11) is 0. The molecule has 1 aliphatic rings. The van der Waals surface area contributed by atoms with E-state index in [0.717, 1.165) is 28.9 Å². The van der Waals surface area contributed by atoms with E-state index in [4.69, 9.17) is 9.47 Å². The van der Waals surface area contributed by atoms with Crippen LogP contribution in [0.1, 0.15) is 63.9 Å². The smallest absolute Gasteiger partial charge is 0.301 e. The van der Waals surface area contributed by atoms with E-state index in [2.05, 4.69) is 4.98 Å². The van der Waals surface area contributed by atoms with Crippen LogP contribution in [0.2, 0.25) is 0 Å². The molecular weight excluding hydrogens is 564 g/mol. The van der Waals surface area contributed by atoms with Gasteiger partial charge in [0.05, 0.1) is 28.8 Å². The zero-order chi connectivity index (χ0) is 30.7. The number of carbonyl (C=O) groups is 3. The van der Waals surface area contributed by atoms with Crippen molar-refractivity contribution in [2.45, 2.75) is 46.8 Å². The predicted molar refractivity (Wildman–Crippen MR) is 166 cm³/mol. The van der Waals surface area contributed by atoms with Gasteiger partial charge in [-0.25, -0.2) is 4.98 Å². The monoisotopic (exact) mass is 596 g/mol. The van der Waals surface area contributed by atoms with Gasteiger partial charge in [0.25, 0.3) is 5.78 Å². The Kier molecular flexibility index (Phi) is 8.73. The number of aryl methyl sites for hydroxylation is 2. The van der Waals surface area contributed by atoms with Crippen molar-refractivity contribution < 1.29 is 29.0 Å². The van der Waals surface area contributed by atoms with E-state index in [-0.39, 0.29) is 22.2 Å². The van der Waals surface area contributed by atoms with E-state index in [1.54, 1.807) is 55.5 Å². The van der Waals surface area contributed by atoms with E-state index >= 15 is 0 Å². The summed E-state index contributed by atoms with van der Waals surface area (Å²) < 4.78 is 11.6. The van der Waals surface area contributed by atoms with Crippen LogP contribution in [-0.4, -0.2) is 34.2 Å². The first-order valence-corrected chi connectivity index (χ1v) is 14.8. The maximum absolute atomic E-state index is 13.5. The largest absolute Gasteiger partial charge is 0.507 e. The Morgan fingerprint density at radius 1 is 0.953 bits per heavy atom. The van der Waals surface area contributed by atoms with Gasteiger partial charge in [0.2, 0.25) is 0 Å². The van der Waals surface area contributed by atoms with E-state index < -0.39 is 17.7 Å². The van der Waals surface area contributed by atoms with Gasteiger partial charge in [-0.1, -0.05) is 54.7 Å². The van der Waals surface area contributed by atoms with Crippen LogP contribution < -0.4 is 14.4 Å². The topological polar surface area (TPSA) is 106 Å². The number of aliphatic hydroxyl groups is 1. The van der Waals surface area contributed by atoms with E-state index in [1.165, 1.54) is 11.8 Å². The second kappa shape index (κ2) is 12.6. The van der Waals surface area contributed by atoms with Crippen LogP contribution in [-0.2, 0) is 16.2 Å². The number of amides is 1. The number of carbonyl (C=O) groups excluding carboxylic acids is 3. The van der Waals surface area contributed by atoms with Gasteiger partial charge in [0.15, 0.2) is 10.9 Å². The lowest BCUT2D eigenvalue weighted by Gasteiger charge is -2.23. The highest BCUT2D eigenvalue weighted by molar-refractivity contribution is 7.18. The number of thiazole rings is 1. The number of aromatic nitrogens is 1. The number of anilines is 1. The molecule has 1 aliphatic heterocycles. The summed E-state index contributed by atoms with van der Waals surface area (Å²) in [5.41, 5.74) is 3.52. The number of rotatable bonds is 10. The quantitative estimate of drug-likeness (QED) is 0.0913. The Hall–Kier alpha value is -4.76. The Bertz CT molecular complexity index is 1710. The lowest BCUT2D eigenvalue weighted by atomic mass is 9.95. The third kappa shape index (κ3) is 6.08. The molecule has 1 atom stereocenters. The molecule has 0 saturated carbocycles. The number of benzene rings is 3. The van der Waals surface area contributed by atoms with Crippen molar-refractivity contribution in [2.75, 3.05) is 11.5 Å². The Morgan fingerprint density at radius 2 is 1.60 bits per heavy atom. The SMILES string of the molecule is CCCOc1ccc(C2C(=C(O)c3ccc(OCc4ccccc4C)cc3)C(=O)C(=O)N2c2nc(C)c(C(C)=O)s2)cc1. The van der Waals surface area contributed by atoms with Gasteiger partial charge in [-0.3, -0.25) is 19.3 Å². The van der Waals surface area contributed by atoms with Crippen molar-refractivity contribution in [3.8, 4) is 11.5 Å². The van der Waals surface area contributed by atoms with Gasteiger partial charge >= 0.3 is 5.91 Å². The number of Topliss-reactive ketones (excluding diaryl/α,β-unsaturated/α-hetero) is 2. The fourth-order valence-electron chi connectivity index (χ4n) is 4.92. The number of ether oxygens (including phenoxy) is 2. The minimum atomic E-state index is -0.970. The van der Waals surface area contributed by atoms with Crippen molar-refractivity contribution in [1.29, 1.82) is 0 Å². The molecule has 8 nitrogen and oxygen atoms in total. The normalized spacial score (nSPS) is 16.0. The highest BCUT2D eigenvalue weighted by atomic mass is 32.1. The fourth-order valence-corrected chi connectivity index (χ4v) is 5.91. The number of ketones is 2. The molecule has 5 rings (SSSR count). The molecule has 43 heavy (non-hydrogen) atoms. The molecule has 3 aromatic carbocycles. The minimum absolute atomic E-state index is 0.0713. The van der Waals surface area contributed by atoms with Crippen molar-refractivity contribution in [2.24, 2.45) is 0 Å². The molecule has 1 N–H and O–H groups in total. The maximum atomic E-state index is 13.5. The van der Waals surface area contributed by atoms with Crippen molar-refractivity contribution in [1.82, 2.24) is 4.98 Å². The molecule has 1 aromatic heterocycles. The van der Waals surface area contributed by atoms with Crippen LogP contribution >= 0.6 is 11.3 Å². The average Bonchev–Trinajstić information content (AvgIpc) is 3.52. The number of hydrogen-bond donors (Lipinski definition) is 1. The third-order valence-corrected chi connectivity index (χ3v) is 8.47. The molecule has 0 spiro atoms. The summed E-state index contributed by atoms with van der Waals surface area (Å²) in [5, 5.41) is 11.7. The zero-order valence-corrected chi connectivity index (χ0v) is 25.2. The summed E-state index contributed by atoms with van der Waals surface area (Å²) in [4.78, 5) is 45.3. The summed E-state index contributed by atoms with van der Waals surface area (Å²) >= 11 is 1.05. The first kappa shape index (κ1) is 29.7. The minimum Gasteiger partial charge on any atom is -0.507 e. The molecular formula is C34H32N2O6S. The third-order valence-electron chi connectivity index (χ3n) is 7.21. The summed E-state index contributed by atoms with van der Waals surface area (Å²) in [5.74, 6) is -0.938. The van der Waals surface area contributed by atoms with E-state index in [0.29, 0.717) is 46.4 Å². The molecule has 0 radical (unpaired) electrons. The highest BCUT2D eigenvalue weighted by Crippen LogP contribution is 2.44. The molecule has 2 heterocycles. The molecule has 1 unspecified atom stereocenters. The number of hydrogen-bond acceptors (Lipinski definition) is 8. The summed E-state index contributed by atoms with van der Waals surface area (Å²) in [6.07, 6.45) is 0.847. The molecule has 4 aromatic rings. The van der Waals surface area contributed by atoms with Crippen LogP contribution in [0.4, 0.5) is 5.13 Å². The van der Waals surface area contributed by atoms with Crippen molar-refractivity contribution >= 4 is 39.7 Å². The molecule has 0 aliphatic carbocycles. The van der Waals surface area contributed by atoms with Crippen molar-refractivity contribution in [3.05, 3.63) is 111 Å². The summed E-state index contributed by atoms with van der Waals surface area (Å²) in [6.45, 7) is 8.08. The molecule has 0 bridgehead atoms. The molecule has 220 valence electrons. The van der Waals surface area contributed by atoms with Crippen molar-refractivity contribution in [3.63, 3.8) is 0 Å². The first-order chi connectivity index (χ1) is 20.7. The van der Waals surface area contributed by atoms with Gasteiger partial charge in [0.1, 0.15) is 23.9 Å². The van der Waals surface area contributed by atoms with E-state index in [1.807, 2.05) is 38.1 Å². The Balaban J connectivity index is 1.53.